The molecule has 0 aliphatic rings. The predicted molar refractivity (Wildman–Crippen MR) is 205 cm³/mol. The van der Waals surface area contributed by atoms with Gasteiger partial charge in [-0.1, -0.05) is 91.0 Å². The lowest BCUT2D eigenvalue weighted by atomic mass is 10.0. The van der Waals surface area contributed by atoms with Crippen LogP contribution in [0.4, 0.5) is 0 Å². The SMILES string of the molecule is CC(=O)O.N=C(N)c1ccc(CNC(=O)[C@H](Cc2cccc(CN)c2)NC(=O)[C@@H](CCCc2ccccc2)NS(=O)(=O)Cc2cccc(C(=O)O)c2)cc1. The Morgan fingerprint density at radius 3 is 1.98 bits per heavy atom. The van der Waals surface area contributed by atoms with E-state index in [0.29, 0.717) is 18.4 Å². The summed E-state index contributed by atoms with van der Waals surface area (Å²) in [5, 5.41) is 30.0. The van der Waals surface area contributed by atoms with Crippen LogP contribution in [0.5, 0.6) is 0 Å². The molecule has 15 heteroatoms. The second-order valence-electron chi connectivity index (χ2n) is 12.4. The number of sulfonamides is 1. The molecule has 0 fully saturated rings. The predicted octanol–water partition coefficient (Wildman–Crippen LogP) is 3.07. The molecule has 0 saturated carbocycles. The Morgan fingerprint density at radius 2 is 1.35 bits per heavy atom. The number of aromatic carboxylic acids is 1. The smallest absolute Gasteiger partial charge is 0.335 e. The number of aliphatic carboxylic acids is 1. The minimum atomic E-state index is -4.14. The van der Waals surface area contributed by atoms with Crippen LogP contribution in [0.2, 0.25) is 0 Å². The number of carboxylic acids is 2. The number of amides is 2. The van der Waals surface area contributed by atoms with Crippen molar-refractivity contribution in [2.75, 3.05) is 0 Å². The summed E-state index contributed by atoms with van der Waals surface area (Å²) in [5.74, 6) is -3.81. The molecular weight excluding hydrogens is 713 g/mol. The van der Waals surface area contributed by atoms with Crippen LogP contribution in [0.3, 0.4) is 0 Å². The number of nitrogens with one attached hydrogen (secondary N) is 4. The lowest BCUT2D eigenvalue weighted by Gasteiger charge is -2.24. The van der Waals surface area contributed by atoms with Crippen LogP contribution in [-0.4, -0.2) is 60.3 Å². The first kappa shape index (κ1) is 42.5. The van der Waals surface area contributed by atoms with Crippen LogP contribution in [0.1, 0.15) is 63.5 Å². The standard InChI is InChI=1S/C37H42N6O6S.C2H4O2/c38-22-28-11-4-10-27(19-28)21-33(35(44)41-23-26-15-17-30(18-16-26)34(39)40)42-36(45)32(14-6-9-25-7-2-1-3-8-25)43-50(48,49)24-29-12-5-13-31(20-29)37(46)47;1-2(3)4/h1-5,7-8,10-13,15-20,32-33,43H,6,9,14,21-24,38H2,(H3,39,40)(H,41,44)(H,42,45)(H,46,47);1H3,(H,3,4)/t32-,33+;/m1./s1. The number of carbonyl (C=O) groups excluding carboxylic acids is 2. The molecule has 2 atom stereocenters. The van der Waals surface area contributed by atoms with E-state index in [1.54, 1.807) is 24.3 Å². The number of aryl methyl sites for hydroxylation is 1. The number of hydrogen-bond donors (Lipinski definition) is 8. The highest BCUT2D eigenvalue weighted by molar-refractivity contribution is 7.88. The molecule has 4 aromatic rings. The first-order valence-electron chi connectivity index (χ1n) is 17.0. The van der Waals surface area contributed by atoms with E-state index in [4.69, 9.17) is 26.8 Å². The van der Waals surface area contributed by atoms with Crippen LogP contribution < -0.4 is 26.8 Å². The Balaban J connectivity index is 0.00000186. The normalized spacial score (nSPS) is 12.0. The van der Waals surface area contributed by atoms with Crippen LogP contribution in [0.15, 0.2) is 103 Å². The average molecular weight is 759 g/mol. The maximum absolute atomic E-state index is 13.9. The zero-order chi connectivity index (χ0) is 39.7. The van der Waals surface area contributed by atoms with Gasteiger partial charge in [-0.3, -0.25) is 19.8 Å². The molecule has 4 rings (SSSR count). The van der Waals surface area contributed by atoms with Crippen molar-refractivity contribution >= 4 is 39.6 Å². The van der Waals surface area contributed by atoms with Crippen LogP contribution in [0.25, 0.3) is 0 Å². The van der Waals surface area contributed by atoms with Gasteiger partial charge in [0.25, 0.3) is 5.97 Å². The van der Waals surface area contributed by atoms with Crippen LogP contribution in [0, 0.1) is 5.41 Å². The Hall–Kier alpha value is -5.90. The van der Waals surface area contributed by atoms with E-state index in [-0.39, 0.29) is 42.9 Å². The molecule has 2 amide bonds. The lowest BCUT2D eigenvalue weighted by molar-refractivity contribution is -0.134. The monoisotopic (exact) mass is 758 g/mol. The van der Waals surface area contributed by atoms with Crippen molar-refractivity contribution in [1.29, 1.82) is 5.41 Å². The molecule has 286 valence electrons. The van der Waals surface area contributed by atoms with Gasteiger partial charge >= 0.3 is 5.97 Å². The van der Waals surface area contributed by atoms with E-state index in [1.165, 1.54) is 24.3 Å². The third-order valence-electron chi connectivity index (χ3n) is 8.00. The molecule has 0 aliphatic carbocycles. The molecule has 4 aromatic carbocycles. The summed E-state index contributed by atoms with van der Waals surface area (Å²) in [6.45, 7) is 1.50. The fourth-order valence-electron chi connectivity index (χ4n) is 5.39. The highest BCUT2D eigenvalue weighted by Crippen LogP contribution is 2.14. The molecule has 14 nitrogen and oxygen atoms in total. The zero-order valence-corrected chi connectivity index (χ0v) is 30.6. The second-order valence-corrected chi connectivity index (χ2v) is 14.2. The first-order valence-corrected chi connectivity index (χ1v) is 18.7. The summed E-state index contributed by atoms with van der Waals surface area (Å²) in [7, 11) is -4.14. The third kappa shape index (κ3) is 15.0. The van der Waals surface area contributed by atoms with Gasteiger partial charge in [0.05, 0.1) is 11.3 Å². The fraction of sp³-hybridized carbons (Fsp3) is 0.256. The van der Waals surface area contributed by atoms with Crippen molar-refractivity contribution in [1.82, 2.24) is 15.4 Å². The van der Waals surface area contributed by atoms with Gasteiger partial charge < -0.3 is 32.3 Å². The largest absolute Gasteiger partial charge is 0.481 e. The van der Waals surface area contributed by atoms with Crippen LogP contribution in [-0.2, 0) is 56.1 Å². The number of amidine groups is 1. The highest BCUT2D eigenvalue weighted by atomic mass is 32.2. The van der Waals surface area contributed by atoms with E-state index in [1.807, 2.05) is 54.6 Å². The molecule has 0 aliphatic heterocycles. The number of carbonyl (C=O) groups is 4. The molecule has 0 spiro atoms. The fourth-order valence-corrected chi connectivity index (χ4v) is 6.75. The molecule has 0 saturated heterocycles. The van der Waals surface area contributed by atoms with Crippen molar-refractivity contribution in [3.63, 3.8) is 0 Å². The maximum Gasteiger partial charge on any atom is 0.335 e. The summed E-state index contributed by atoms with van der Waals surface area (Å²) >= 11 is 0. The summed E-state index contributed by atoms with van der Waals surface area (Å²) in [4.78, 5) is 48.0. The number of benzene rings is 4. The van der Waals surface area contributed by atoms with E-state index in [0.717, 1.165) is 29.2 Å². The Labute approximate surface area is 314 Å². The summed E-state index contributed by atoms with van der Waals surface area (Å²) in [6.07, 6.45) is 1.30. The summed E-state index contributed by atoms with van der Waals surface area (Å²) in [5.41, 5.74) is 15.5. The molecule has 0 aromatic heterocycles. The van der Waals surface area contributed by atoms with E-state index in [9.17, 15) is 27.9 Å². The molecule has 0 heterocycles. The van der Waals surface area contributed by atoms with Gasteiger partial charge in [0.1, 0.15) is 17.9 Å². The first-order chi connectivity index (χ1) is 25.6. The van der Waals surface area contributed by atoms with Crippen molar-refractivity contribution in [2.45, 2.75) is 63.5 Å². The quantitative estimate of drug-likeness (QED) is 0.0544. The molecule has 0 bridgehead atoms. The Bertz CT molecular complexity index is 2000. The van der Waals surface area contributed by atoms with Gasteiger partial charge in [0, 0.05) is 32.0 Å². The third-order valence-corrected chi connectivity index (χ3v) is 9.36. The van der Waals surface area contributed by atoms with Gasteiger partial charge in [-0.25, -0.2) is 17.9 Å². The van der Waals surface area contributed by atoms with E-state index >= 15 is 0 Å². The molecule has 54 heavy (non-hydrogen) atoms. The molecular formula is C39H46N6O8S. The Kier molecular flexibility index (Phi) is 16.5. The summed E-state index contributed by atoms with van der Waals surface area (Å²) in [6, 6.07) is 27.0. The van der Waals surface area contributed by atoms with Crippen molar-refractivity contribution < 1.29 is 37.8 Å². The van der Waals surface area contributed by atoms with E-state index < -0.39 is 51.6 Å². The maximum atomic E-state index is 13.9. The number of nitrogen functional groups attached to an aromatic ring is 1. The van der Waals surface area contributed by atoms with E-state index in [2.05, 4.69) is 15.4 Å². The van der Waals surface area contributed by atoms with Gasteiger partial charge in [-0.2, -0.15) is 0 Å². The highest BCUT2D eigenvalue weighted by Gasteiger charge is 2.29. The van der Waals surface area contributed by atoms with Gasteiger partial charge in [0.2, 0.25) is 21.8 Å². The zero-order valence-electron chi connectivity index (χ0n) is 29.8. The van der Waals surface area contributed by atoms with Gasteiger partial charge in [0.15, 0.2) is 0 Å². The number of rotatable bonds is 18. The second kappa shape index (κ2) is 21.0. The number of hydrogen-bond acceptors (Lipinski definition) is 8. The summed E-state index contributed by atoms with van der Waals surface area (Å²) < 4.78 is 29.3. The molecule has 0 radical (unpaired) electrons. The van der Waals surface area contributed by atoms with Gasteiger partial charge in [-0.15, -0.1) is 0 Å². The average Bonchev–Trinajstić information content (AvgIpc) is 3.13. The van der Waals surface area contributed by atoms with Crippen LogP contribution >= 0.6 is 0 Å². The van der Waals surface area contributed by atoms with Gasteiger partial charge in [-0.05, 0) is 59.2 Å². The number of carboxylic acid groups (broad SMARTS) is 2. The van der Waals surface area contributed by atoms with Crippen molar-refractivity contribution in [3.8, 4) is 0 Å². The number of nitrogens with two attached hydrogens (primary N) is 2. The topological polar surface area (TPSA) is 255 Å². The van der Waals surface area contributed by atoms with Crippen molar-refractivity contribution in [3.05, 3.63) is 142 Å². The molecule has 10 N–H and O–H groups in total. The lowest BCUT2D eigenvalue weighted by Crippen LogP contribution is -2.54. The minimum Gasteiger partial charge on any atom is -0.481 e. The van der Waals surface area contributed by atoms with Crippen molar-refractivity contribution in [2.24, 2.45) is 11.5 Å². The molecule has 0 unspecified atom stereocenters. The minimum absolute atomic E-state index is 0.0581. The Morgan fingerprint density at radius 1 is 0.741 bits per heavy atom.